The van der Waals surface area contributed by atoms with Crippen LogP contribution in [0.4, 0.5) is 0 Å². The number of ether oxygens (including phenoxy) is 2. The minimum Gasteiger partial charge on any atom is -0.449 e. The first kappa shape index (κ1) is 21.3. The number of hydrogen-bond donors (Lipinski definition) is 1. The topological polar surface area (TPSA) is 102 Å². The van der Waals surface area contributed by atoms with Gasteiger partial charge in [0.25, 0.3) is 5.91 Å². The van der Waals surface area contributed by atoms with Crippen LogP contribution in [-0.2, 0) is 24.3 Å². The highest BCUT2D eigenvalue weighted by Crippen LogP contribution is 2.24. The largest absolute Gasteiger partial charge is 0.449 e. The van der Waals surface area contributed by atoms with Crippen LogP contribution in [0, 0.1) is 0 Å². The van der Waals surface area contributed by atoms with Gasteiger partial charge in [-0.05, 0) is 31.9 Å². The van der Waals surface area contributed by atoms with Gasteiger partial charge in [0, 0.05) is 26.7 Å². The highest BCUT2D eigenvalue weighted by atomic mass is 32.2. The van der Waals surface area contributed by atoms with E-state index in [1.54, 1.807) is 12.1 Å². The molecule has 1 saturated heterocycles. The number of hydrogen-bond acceptors (Lipinski definition) is 6. The molecule has 1 atom stereocenters. The maximum atomic E-state index is 12.9. The lowest BCUT2D eigenvalue weighted by Gasteiger charge is -2.26. The molecule has 1 heterocycles. The van der Waals surface area contributed by atoms with E-state index in [0.717, 1.165) is 19.3 Å². The molecule has 2 rings (SSSR count). The number of piperidine rings is 1. The zero-order chi connectivity index (χ0) is 19.9. The van der Waals surface area contributed by atoms with E-state index in [9.17, 15) is 18.0 Å². The molecule has 9 heteroatoms. The second-order valence-electron chi connectivity index (χ2n) is 6.29. The normalized spacial score (nSPS) is 16.5. The fraction of sp³-hybridized carbons (Fsp3) is 0.556. The number of carbonyl (C=O) groups is 2. The van der Waals surface area contributed by atoms with Crippen LogP contribution in [0.5, 0.6) is 0 Å². The van der Waals surface area contributed by atoms with Gasteiger partial charge in [0.1, 0.15) is 0 Å². The molecule has 0 aromatic heterocycles. The third kappa shape index (κ3) is 5.50. The van der Waals surface area contributed by atoms with E-state index in [-0.39, 0.29) is 17.0 Å². The molecule has 0 aliphatic carbocycles. The molecule has 150 valence electrons. The van der Waals surface area contributed by atoms with Gasteiger partial charge < -0.3 is 14.8 Å². The molecule has 1 aromatic rings. The van der Waals surface area contributed by atoms with E-state index in [0.29, 0.717) is 19.7 Å². The smallest absolute Gasteiger partial charge is 0.340 e. The average molecular weight is 398 g/mol. The van der Waals surface area contributed by atoms with Gasteiger partial charge in [0.2, 0.25) is 10.0 Å². The molecule has 0 saturated carbocycles. The number of esters is 1. The summed E-state index contributed by atoms with van der Waals surface area (Å²) in [5.74, 6) is -1.32. The quantitative estimate of drug-likeness (QED) is 0.521. The zero-order valence-corrected chi connectivity index (χ0v) is 16.5. The van der Waals surface area contributed by atoms with Crippen molar-refractivity contribution in [1.29, 1.82) is 0 Å². The molecule has 1 aliphatic rings. The molecule has 1 aliphatic heterocycles. The Morgan fingerprint density at radius 3 is 2.52 bits per heavy atom. The van der Waals surface area contributed by atoms with Crippen molar-refractivity contribution in [3.05, 3.63) is 29.8 Å². The summed E-state index contributed by atoms with van der Waals surface area (Å²) < 4.78 is 37.3. The minimum atomic E-state index is -3.80. The number of sulfonamides is 1. The van der Waals surface area contributed by atoms with Crippen molar-refractivity contribution in [3.63, 3.8) is 0 Å². The molecule has 1 fully saturated rings. The van der Waals surface area contributed by atoms with E-state index in [1.807, 2.05) is 0 Å². The predicted octanol–water partition coefficient (Wildman–Crippen LogP) is 1.17. The molecule has 0 bridgehead atoms. The van der Waals surface area contributed by atoms with Crippen LogP contribution < -0.4 is 5.32 Å². The van der Waals surface area contributed by atoms with Crippen LogP contribution in [0.2, 0.25) is 0 Å². The Hall–Kier alpha value is -1.97. The zero-order valence-electron chi connectivity index (χ0n) is 15.6. The Morgan fingerprint density at radius 1 is 1.19 bits per heavy atom. The summed E-state index contributed by atoms with van der Waals surface area (Å²) in [6.45, 7) is 2.93. The first-order chi connectivity index (χ1) is 12.9. The molecular weight excluding hydrogens is 372 g/mol. The van der Waals surface area contributed by atoms with E-state index >= 15 is 0 Å². The Morgan fingerprint density at radius 2 is 1.85 bits per heavy atom. The van der Waals surface area contributed by atoms with Crippen molar-refractivity contribution < 1.29 is 27.5 Å². The van der Waals surface area contributed by atoms with Gasteiger partial charge in [-0.1, -0.05) is 18.6 Å². The van der Waals surface area contributed by atoms with Crippen molar-refractivity contribution in [3.8, 4) is 0 Å². The first-order valence-electron chi connectivity index (χ1n) is 8.94. The van der Waals surface area contributed by atoms with Crippen LogP contribution >= 0.6 is 0 Å². The molecule has 0 unspecified atom stereocenters. The number of nitrogens with zero attached hydrogens (tertiary/aromatic N) is 1. The second kappa shape index (κ2) is 9.82. The summed E-state index contributed by atoms with van der Waals surface area (Å²) in [7, 11) is -2.29. The standard InChI is InChI=1S/C18H26N2O6S/c1-14(17(21)19-10-13-25-2)26-18(22)15-8-4-5-9-16(15)27(23,24)20-11-6-3-7-12-20/h4-5,8-9,14H,3,6-7,10-13H2,1-2H3,(H,19,21)/t14-/m0/s1. The summed E-state index contributed by atoms with van der Waals surface area (Å²) in [5, 5.41) is 2.57. The number of benzene rings is 1. The molecular formula is C18H26N2O6S. The van der Waals surface area contributed by atoms with E-state index in [1.165, 1.54) is 30.5 Å². The third-order valence-corrected chi connectivity index (χ3v) is 6.26. The molecule has 0 radical (unpaired) electrons. The third-order valence-electron chi connectivity index (χ3n) is 4.30. The Kier molecular flexibility index (Phi) is 7.76. The fourth-order valence-corrected chi connectivity index (χ4v) is 4.50. The number of methoxy groups -OCH3 is 1. The summed E-state index contributed by atoms with van der Waals surface area (Å²) in [6.07, 6.45) is 1.53. The van der Waals surface area contributed by atoms with Crippen LogP contribution in [0.15, 0.2) is 29.2 Å². The van der Waals surface area contributed by atoms with Gasteiger partial charge in [-0.3, -0.25) is 4.79 Å². The number of amides is 1. The molecule has 1 aromatic carbocycles. The van der Waals surface area contributed by atoms with Crippen molar-refractivity contribution >= 4 is 21.9 Å². The molecule has 0 spiro atoms. The highest BCUT2D eigenvalue weighted by Gasteiger charge is 2.31. The first-order valence-corrected chi connectivity index (χ1v) is 10.4. The Balaban J connectivity index is 2.14. The number of rotatable bonds is 8. The van der Waals surface area contributed by atoms with E-state index in [2.05, 4.69) is 5.32 Å². The summed E-state index contributed by atoms with van der Waals surface area (Å²) >= 11 is 0. The SMILES string of the molecule is COCCNC(=O)[C@H](C)OC(=O)c1ccccc1S(=O)(=O)N1CCCCC1. The minimum absolute atomic E-state index is 0.0698. The van der Waals surface area contributed by atoms with Gasteiger partial charge >= 0.3 is 5.97 Å². The predicted molar refractivity (Wildman–Crippen MR) is 98.8 cm³/mol. The van der Waals surface area contributed by atoms with Crippen LogP contribution in [0.3, 0.4) is 0 Å². The Bertz CT molecular complexity index is 759. The van der Waals surface area contributed by atoms with E-state index < -0.39 is 28.0 Å². The van der Waals surface area contributed by atoms with Gasteiger partial charge in [0.15, 0.2) is 6.10 Å². The fourth-order valence-electron chi connectivity index (χ4n) is 2.80. The van der Waals surface area contributed by atoms with Crippen LogP contribution in [0.25, 0.3) is 0 Å². The molecule has 27 heavy (non-hydrogen) atoms. The molecule has 8 nitrogen and oxygen atoms in total. The maximum Gasteiger partial charge on any atom is 0.340 e. The van der Waals surface area contributed by atoms with Crippen molar-refractivity contribution in [2.24, 2.45) is 0 Å². The lowest BCUT2D eigenvalue weighted by molar-refractivity contribution is -0.129. The molecule has 1 amide bonds. The summed E-state index contributed by atoms with van der Waals surface area (Å²) in [5.41, 5.74) is -0.0698. The monoisotopic (exact) mass is 398 g/mol. The highest BCUT2D eigenvalue weighted by molar-refractivity contribution is 7.89. The second-order valence-corrected chi connectivity index (χ2v) is 8.20. The van der Waals surface area contributed by atoms with Gasteiger partial charge in [-0.25, -0.2) is 13.2 Å². The van der Waals surface area contributed by atoms with Gasteiger partial charge in [-0.15, -0.1) is 0 Å². The van der Waals surface area contributed by atoms with Crippen LogP contribution in [-0.4, -0.2) is 64.1 Å². The lowest BCUT2D eigenvalue weighted by Crippen LogP contribution is -2.38. The number of nitrogens with one attached hydrogen (secondary N) is 1. The van der Waals surface area contributed by atoms with Gasteiger partial charge in [-0.2, -0.15) is 4.31 Å². The van der Waals surface area contributed by atoms with E-state index in [4.69, 9.17) is 9.47 Å². The van der Waals surface area contributed by atoms with Crippen molar-refractivity contribution in [1.82, 2.24) is 9.62 Å². The Labute approximate surface area is 159 Å². The average Bonchev–Trinajstić information content (AvgIpc) is 2.68. The van der Waals surface area contributed by atoms with Crippen molar-refractivity contribution in [2.45, 2.75) is 37.2 Å². The molecule has 1 N–H and O–H groups in total. The summed E-state index contributed by atoms with van der Waals surface area (Å²) in [6, 6.07) is 5.92. The van der Waals surface area contributed by atoms with Crippen molar-refractivity contribution in [2.75, 3.05) is 33.4 Å². The van der Waals surface area contributed by atoms with Crippen LogP contribution in [0.1, 0.15) is 36.5 Å². The maximum absolute atomic E-state index is 12.9. The van der Waals surface area contributed by atoms with Gasteiger partial charge in [0.05, 0.1) is 17.1 Å². The summed E-state index contributed by atoms with van der Waals surface area (Å²) in [4.78, 5) is 24.4. The number of carbonyl (C=O) groups excluding carboxylic acids is 2. The lowest BCUT2D eigenvalue weighted by atomic mass is 10.2.